The predicted octanol–water partition coefficient (Wildman–Crippen LogP) is 2.90. The zero-order chi connectivity index (χ0) is 22.4. The van der Waals surface area contributed by atoms with Crippen LogP contribution in [0.5, 0.6) is 0 Å². The van der Waals surface area contributed by atoms with Crippen LogP contribution in [0.3, 0.4) is 0 Å². The lowest BCUT2D eigenvalue weighted by Gasteiger charge is -2.26. The second-order valence-electron chi connectivity index (χ2n) is 8.01. The number of nitrogens with two attached hydrogens (primary N) is 2. The molecule has 0 saturated heterocycles. The summed E-state index contributed by atoms with van der Waals surface area (Å²) in [5, 5.41) is 0. The third kappa shape index (κ3) is 5.21. The van der Waals surface area contributed by atoms with E-state index in [-0.39, 0.29) is 18.1 Å². The monoisotopic (exact) mass is 420 g/mol. The van der Waals surface area contributed by atoms with E-state index in [1.807, 2.05) is 55.1 Å². The zero-order valence-corrected chi connectivity index (χ0v) is 18.5. The van der Waals surface area contributed by atoms with Gasteiger partial charge in [-0.1, -0.05) is 36.4 Å². The van der Waals surface area contributed by atoms with E-state index in [1.54, 1.807) is 13.2 Å². The average Bonchev–Trinajstić information content (AvgIpc) is 3.11. The largest absolute Gasteiger partial charge is 0.404 e. The number of rotatable bonds is 9. The first-order chi connectivity index (χ1) is 15.0. The Hall–Kier alpha value is -2.96. The number of carbonyl (C=O) groups excluding carboxylic acids is 1. The Morgan fingerprint density at radius 3 is 2.58 bits per heavy atom. The van der Waals surface area contributed by atoms with Crippen molar-refractivity contribution in [2.75, 3.05) is 20.2 Å². The van der Waals surface area contributed by atoms with E-state index < -0.39 is 0 Å². The number of carbonyl (C=O) groups is 1. The summed E-state index contributed by atoms with van der Waals surface area (Å²) in [6.45, 7) is 5.30. The highest BCUT2D eigenvalue weighted by molar-refractivity contribution is 6.13. The Balaban J connectivity index is 1.82. The molecule has 6 heteroatoms. The molecule has 0 fully saturated rings. The maximum absolute atomic E-state index is 13.1. The van der Waals surface area contributed by atoms with Crippen LogP contribution in [0, 0.1) is 0 Å². The quantitative estimate of drug-likeness (QED) is 0.610. The second-order valence-corrected chi connectivity index (χ2v) is 8.01. The van der Waals surface area contributed by atoms with Gasteiger partial charge in [0.1, 0.15) is 0 Å². The van der Waals surface area contributed by atoms with Crippen molar-refractivity contribution in [3.05, 3.63) is 82.6 Å². The normalized spacial score (nSPS) is 15.5. The van der Waals surface area contributed by atoms with Gasteiger partial charge in [-0.3, -0.25) is 9.79 Å². The van der Waals surface area contributed by atoms with Crippen LogP contribution >= 0.6 is 0 Å². The van der Waals surface area contributed by atoms with E-state index in [0.717, 1.165) is 34.4 Å². The molecule has 6 nitrogen and oxygen atoms in total. The molecule has 1 amide bonds. The summed E-state index contributed by atoms with van der Waals surface area (Å²) in [6.07, 6.45) is 2.37. The van der Waals surface area contributed by atoms with Gasteiger partial charge in [0.25, 0.3) is 5.91 Å². The number of fused-ring (bicyclic) bond motifs is 1. The van der Waals surface area contributed by atoms with Gasteiger partial charge in [0, 0.05) is 49.1 Å². The van der Waals surface area contributed by atoms with Crippen LogP contribution in [0.15, 0.2) is 65.3 Å². The van der Waals surface area contributed by atoms with Gasteiger partial charge in [0.2, 0.25) is 0 Å². The molecule has 31 heavy (non-hydrogen) atoms. The smallest absolute Gasteiger partial charge is 0.254 e. The van der Waals surface area contributed by atoms with Gasteiger partial charge >= 0.3 is 0 Å². The first-order valence-electron chi connectivity index (χ1n) is 10.7. The summed E-state index contributed by atoms with van der Waals surface area (Å²) >= 11 is 0. The molecule has 1 atom stereocenters. The van der Waals surface area contributed by atoms with Crippen molar-refractivity contribution >= 4 is 11.6 Å². The summed E-state index contributed by atoms with van der Waals surface area (Å²) in [4.78, 5) is 19.4. The Bertz CT molecular complexity index is 967. The molecular formula is C25H32N4O2. The fourth-order valence-electron chi connectivity index (χ4n) is 3.90. The summed E-state index contributed by atoms with van der Waals surface area (Å²) < 4.78 is 5.72. The third-order valence-corrected chi connectivity index (χ3v) is 5.54. The maximum atomic E-state index is 13.1. The number of ether oxygens (including phenoxy) is 1. The SMILES string of the molecule is CN=C(/C(=C\N)COC(C)C)c1ccc2c(c1)CN(C(CN)Cc1ccccc1)C2=O. The number of hydrogen-bond acceptors (Lipinski definition) is 5. The van der Waals surface area contributed by atoms with Crippen LogP contribution in [0.4, 0.5) is 0 Å². The van der Waals surface area contributed by atoms with Crippen LogP contribution in [-0.2, 0) is 17.7 Å². The molecule has 0 spiro atoms. The van der Waals surface area contributed by atoms with Crippen LogP contribution in [0.2, 0.25) is 0 Å². The second kappa shape index (κ2) is 10.4. The van der Waals surface area contributed by atoms with Gasteiger partial charge < -0.3 is 21.1 Å². The lowest BCUT2D eigenvalue weighted by atomic mass is 9.99. The molecule has 1 unspecified atom stereocenters. The first-order valence-corrected chi connectivity index (χ1v) is 10.7. The van der Waals surface area contributed by atoms with E-state index >= 15 is 0 Å². The van der Waals surface area contributed by atoms with Gasteiger partial charge in [-0.25, -0.2) is 0 Å². The molecule has 1 aliphatic rings. The average molecular weight is 421 g/mol. The molecular weight excluding hydrogens is 388 g/mol. The van der Waals surface area contributed by atoms with Crippen molar-refractivity contribution in [3.63, 3.8) is 0 Å². The zero-order valence-electron chi connectivity index (χ0n) is 18.5. The summed E-state index contributed by atoms with van der Waals surface area (Å²) in [6, 6.07) is 15.9. The fraction of sp³-hybridized carbons (Fsp3) is 0.360. The molecule has 1 aliphatic heterocycles. The predicted molar refractivity (Wildman–Crippen MR) is 125 cm³/mol. The van der Waals surface area contributed by atoms with Crippen molar-refractivity contribution in [2.24, 2.45) is 16.5 Å². The van der Waals surface area contributed by atoms with Crippen molar-refractivity contribution in [2.45, 2.75) is 39.0 Å². The molecule has 2 aromatic rings. The number of amides is 1. The van der Waals surface area contributed by atoms with Crippen LogP contribution in [0.1, 0.15) is 40.9 Å². The Labute approximate surface area is 184 Å². The van der Waals surface area contributed by atoms with Gasteiger partial charge in [0.05, 0.1) is 18.4 Å². The minimum atomic E-state index is -0.0518. The summed E-state index contributed by atoms with van der Waals surface area (Å²) in [5.74, 6) is 0.0284. The van der Waals surface area contributed by atoms with Gasteiger partial charge in [-0.2, -0.15) is 0 Å². The molecule has 0 aliphatic carbocycles. The van der Waals surface area contributed by atoms with Gasteiger partial charge in [-0.05, 0) is 43.5 Å². The Morgan fingerprint density at radius 1 is 1.23 bits per heavy atom. The molecule has 3 rings (SSSR count). The van der Waals surface area contributed by atoms with E-state index in [4.69, 9.17) is 16.2 Å². The highest BCUT2D eigenvalue weighted by Gasteiger charge is 2.32. The molecule has 1 heterocycles. The number of hydrogen-bond donors (Lipinski definition) is 2. The summed E-state index contributed by atoms with van der Waals surface area (Å²) in [5.41, 5.74) is 17.3. The van der Waals surface area contributed by atoms with E-state index in [0.29, 0.717) is 19.7 Å². The lowest BCUT2D eigenvalue weighted by Crippen LogP contribution is -2.42. The molecule has 164 valence electrons. The van der Waals surface area contributed by atoms with Crippen molar-refractivity contribution in [3.8, 4) is 0 Å². The Morgan fingerprint density at radius 2 is 1.97 bits per heavy atom. The molecule has 0 bridgehead atoms. The molecule has 0 aromatic heterocycles. The minimum Gasteiger partial charge on any atom is -0.404 e. The summed E-state index contributed by atoms with van der Waals surface area (Å²) in [7, 11) is 1.74. The Kier molecular flexibility index (Phi) is 7.60. The molecule has 0 saturated carbocycles. The van der Waals surface area contributed by atoms with Crippen molar-refractivity contribution in [1.29, 1.82) is 0 Å². The van der Waals surface area contributed by atoms with Crippen molar-refractivity contribution < 1.29 is 9.53 Å². The van der Waals surface area contributed by atoms with E-state index in [9.17, 15) is 4.79 Å². The van der Waals surface area contributed by atoms with Gasteiger partial charge in [-0.15, -0.1) is 0 Å². The standard InChI is InChI=1S/C25H32N4O2/c1-17(2)31-16-21(13-26)24(28-3)19-9-10-23-20(12-19)15-29(25(23)30)22(14-27)11-18-7-5-4-6-8-18/h4-10,12-13,17,22H,11,14-16,26-27H2,1-3H3/b21-13-,28-24?. The fourth-order valence-corrected chi connectivity index (χ4v) is 3.90. The number of benzene rings is 2. The highest BCUT2D eigenvalue weighted by atomic mass is 16.5. The first kappa shape index (κ1) is 22.7. The minimum absolute atomic E-state index is 0.0284. The van der Waals surface area contributed by atoms with Crippen LogP contribution < -0.4 is 11.5 Å². The van der Waals surface area contributed by atoms with E-state index in [1.165, 1.54) is 5.56 Å². The van der Waals surface area contributed by atoms with Crippen LogP contribution in [-0.4, -0.2) is 48.9 Å². The van der Waals surface area contributed by atoms with Gasteiger partial charge in [0.15, 0.2) is 0 Å². The lowest BCUT2D eigenvalue weighted by molar-refractivity contribution is 0.0708. The van der Waals surface area contributed by atoms with Crippen molar-refractivity contribution in [1.82, 2.24) is 4.90 Å². The topological polar surface area (TPSA) is 93.9 Å². The maximum Gasteiger partial charge on any atom is 0.254 e. The van der Waals surface area contributed by atoms with E-state index in [2.05, 4.69) is 17.1 Å². The number of aliphatic imine (C=N–C) groups is 1. The highest BCUT2D eigenvalue weighted by Crippen LogP contribution is 2.27. The molecule has 4 N–H and O–H groups in total. The molecule has 0 radical (unpaired) electrons. The molecule has 2 aromatic carbocycles. The van der Waals surface area contributed by atoms with Crippen LogP contribution in [0.25, 0.3) is 0 Å². The third-order valence-electron chi connectivity index (χ3n) is 5.54. The number of nitrogens with zero attached hydrogens (tertiary/aromatic N) is 2.